The quantitative estimate of drug-likeness (QED) is 0.319. The molecule has 6 nitrogen and oxygen atoms in total. The van der Waals surface area contributed by atoms with Crippen LogP contribution in [0.2, 0.25) is 5.02 Å². The van der Waals surface area contributed by atoms with E-state index in [2.05, 4.69) is 4.98 Å². The molecule has 0 saturated heterocycles. The first-order valence-corrected chi connectivity index (χ1v) is 11.5. The molecular formula is C25H21ClN2O4S. The number of hydrogen-bond donors (Lipinski definition) is 0. The monoisotopic (exact) mass is 480 g/mol. The minimum absolute atomic E-state index is 0.0195. The third-order valence-electron chi connectivity index (χ3n) is 5.24. The molecule has 0 atom stereocenters. The Balaban J connectivity index is 1.62. The van der Waals surface area contributed by atoms with Gasteiger partial charge in [0.1, 0.15) is 5.75 Å². The molecule has 0 N–H and O–H groups in total. The van der Waals surface area contributed by atoms with Crippen LogP contribution < -0.4 is 4.74 Å². The van der Waals surface area contributed by atoms with Gasteiger partial charge in [0.2, 0.25) is 0 Å². The van der Waals surface area contributed by atoms with Crippen LogP contribution in [0.4, 0.5) is 0 Å². The summed E-state index contributed by atoms with van der Waals surface area (Å²) in [7, 11) is 1.58. The van der Waals surface area contributed by atoms with E-state index in [9.17, 15) is 9.59 Å². The van der Waals surface area contributed by atoms with Crippen LogP contribution in [0, 0.1) is 6.92 Å². The molecule has 0 saturated carbocycles. The molecule has 0 unspecified atom stereocenters. The molecule has 4 rings (SSSR count). The van der Waals surface area contributed by atoms with Crippen LogP contribution in [0.15, 0.2) is 66.9 Å². The van der Waals surface area contributed by atoms with Crippen molar-refractivity contribution in [1.29, 1.82) is 0 Å². The Morgan fingerprint density at radius 1 is 1.09 bits per heavy atom. The zero-order chi connectivity index (χ0) is 23.4. The van der Waals surface area contributed by atoms with E-state index in [1.807, 2.05) is 37.3 Å². The second-order valence-electron chi connectivity index (χ2n) is 7.31. The zero-order valence-electron chi connectivity index (χ0n) is 18.1. The highest BCUT2D eigenvalue weighted by Crippen LogP contribution is 2.31. The number of halogens is 1. The maximum Gasteiger partial charge on any atom is 0.322 e. The number of ether oxygens (including phenoxy) is 1. The second kappa shape index (κ2) is 10.1. The largest absolute Gasteiger partial charge is 0.497 e. The molecule has 0 spiro atoms. The average Bonchev–Trinajstić information content (AvgIpc) is 3.10. The van der Waals surface area contributed by atoms with Gasteiger partial charge in [0, 0.05) is 27.9 Å². The molecule has 33 heavy (non-hydrogen) atoms. The zero-order valence-corrected chi connectivity index (χ0v) is 19.7. The lowest BCUT2D eigenvalue weighted by molar-refractivity contribution is -0.132. The van der Waals surface area contributed by atoms with Gasteiger partial charge in [0.15, 0.2) is 0 Å². The number of carbonyl (C=O) groups excluding carboxylic acids is 2. The lowest BCUT2D eigenvalue weighted by atomic mass is 10.1. The molecule has 0 amide bonds. The van der Waals surface area contributed by atoms with Crippen LogP contribution in [-0.4, -0.2) is 28.5 Å². The standard InChI is InChI=1S/C25H21ClN2O4S/c1-16-21(14-24(29)32-33-15-19-5-3-4-12-27-19)22-13-20(31-2)10-11-23(22)28(16)25(30)17-6-8-18(26)9-7-17/h3-13H,14-15H2,1-2H3. The third-order valence-corrected chi connectivity index (χ3v) is 6.21. The summed E-state index contributed by atoms with van der Waals surface area (Å²) in [4.78, 5) is 30.2. The third kappa shape index (κ3) is 5.05. The van der Waals surface area contributed by atoms with Crippen LogP contribution in [0.1, 0.15) is 27.3 Å². The summed E-state index contributed by atoms with van der Waals surface area (Å²) < 4.78 is 12.4. The van der Waals surface area contributed by atoms with Crippen molar-refractivity contribution < 1.29 is 18.5 Å². The number of hydrogen-bond acceptors (Lipinski definition) is 6. The smallest absolute Gasteiger partial charge is 0.322 e. The highest BCUT2D eigenvalue weighted by Gasteiger charge is 2.22. The van der Waals surface area contributed by atoms with Gasteiger partial charge in [-0.05, 0) is 67.1 Å². The van der Waals surface area contributed by atoms with Gasteiger partial charge in [0.05, 0.1) is 42.5 Å². The first-order chi connectivity index (χ1) is 16.0. The molecule has 0 aliphatic heterocycles. The first-order valence-electron chi connectivity index (χ1n) is 10.2. The number of rotatable bonds is 7. The first kappa shape index (κ1) is 22.9. The van der Waals surface area contributed by atoms with E-state index in [0.29, 0.717) is 33.3 Å². The predicted molar refractivity (Wildman–Crippen MR) is 130 cm³/mol. The summed E-state index contributed by atoms with van der Waals surface area (Å²) in [6, 6.07) is 17.7. The molecule has 8 heteroatoms. The number of carbonyl (C=O) groups is 2. The van der Waals surface area contributed by atoms with Gasteiger partial charge < -0.3 is 8.92 Å². The molecule has 0 bridgehead atoms. The SMILES string of the molecule is COc1ccc2c(c1)c(CC(=O)OSCc1ccccn1)c(C)n2C(=O)c1ccc(Cl)cc1. The summed E-state index contributed by atoms with van der Waals surface area (Å²) in [6.07, 6.45) is 1.71. The van der Waals surface area contributed by atoms with Crippen LogP contribution in [0.25, 0.3) is 10.9 Å². The van der Waals surface area contributed by atoms with Gasteiger partial charge in [-0.2, -0.15) is 0 Å². The summed E-state index contributed by atoms with van der Waals surface area (Å²) in [5, 5.41) is 1.32. The van der Waals surface area contributed by atoms with Gasteiger partial charge in [-0.15, -0.1) is 0 Å². The van der Waals surface area contributed by atoms with E-state index < -0.39 is 5.97 Å². The normalized spacial score (nSPS) is 10.9. The fourth-order valence-corrected chi connectivity index (χ4v) is 4.28. The fourth-order valence-electron chi connectivity index (χ4n) is 3.61. The average molecular weight is 481 g/mol. The summed E-state index contributed by atoms with van der Waals surface area (Å²) in [5.74, 6) is 0.483. The minimum Gasteiger partial charge on any atom is -0.497 e. The lowest BCUT2D eigenvalue weighted by Gasteiger charge is -2.08. The molecule has 0 aliphatic carbocycles. The molecule has 2 aromatic carbocycles. The van der Waals surface area contributed by atoms with Gasteiger partial charge in [-0.3, -0.25) is 19.1 Å². The van der Waals surface area contributed by atoms with Gasteiger partial charge in [-0.25, -0.2) is 0 Å². The number of nitrogens with zero attached hydrogens (tertiary/aromatic N) is 2. The van der Waals surface area contributed by atoms with Crippen molar-refractivity contribution in [3.8, 4) is 5.75 Å². The van der Waals surface area contributed by atoms with Crippen LogP contribution >= 0.6 is 23.6 Å². The maximum absolute atomic E-state index is 13.3. The molecule has 2 aromatic heterocycles. The predicted octanol–water partition coefficient (Wildman–Crippen LogP) is 5.63. The van der Waals surface area contributed by atoms with E-state index in [1.165, 1.54) is 0 Å². The van der Waals surface area contributed by atoms with Gasteiger partial charge >= 0.3 is 5.97 Å². The van der Waals surface area contributed by atoms with E-state index >= 15 is 0 Å². The number of fused-ring (bicyclic) bond motifs is 1. The maximum atomic E-state index is 13.3. The molecule has 4 aromatic rings. The van der Waals surface area contributed by atoms with Crippen molar-refractivity contribution in [2.45, 2.75) is 19.1 Å². The summed E-state index contributed by atoms with van der Waals surface area (Å²) in [5.41, 5.74) is 3.40. The lowest BCUT2D eigenvalue weighted by Crippen LogP contribution is -2.14. The Kier molecular flexibility index (Phi) is 7.01. The molecule has 0 aliphatic rings. The fraction of sp³-hybridized carbons (Fsp3) is 0.160. The molecule has 0 radical (unpaired) electrons. The van der Waals surface area contributed by atoms with Crippen molar-refractivity contribution in [2.24, 2.45) is 0 Å². The number of pyridine rings is 1. The van der Waals surface area contributed by atoms with Crippen LogP contribution in [0.3, 0.4) is 0 Å². The van der Waals surface area contributed by atoms with Crippen molar-refractivity contribution in [3.63, 3.8) is 0 Å². The second-order valence-corrected chi connectivity index (χ2v) is 8.44. The van der Waals surface area contributed by atoms with Crippen molar-refractivity contribution in [2.75, 3.05) is 7.11 Å². The highest BCUT2D eigenvalue weighted by atomic mass is 35.5. The molecule has 0 fully saturated rings. The summed E-state index contributed by atoms with van der Waals surface area (Å²) >= 11 is 7.02. The van der Waals surface area contributed by atoms with Crippen molar-refractivity contribution in [1.82, 2.24) is 9.55 Å². The molecule has 168 valence electrons. The summed E-state index contributed by atoms with van der Waals surface area (Å²) in [6.45, 7) is 1.82. The van der Waals surface area contributed by atoms with Crippen LogP contribution in [-0.2, 0) is 21.2 Å². The Bertz CT molecular complexity index is 1300. The van der Waals surface area contributed by atoms with E-state index in [-0.39, 0.29) is 12.3 Å². The Morgan fingerprint density at radius 2 is 1.88 bits per heavy atom. The molecule has 2 heterocycles. The number of aromatic nitrogens is 2. The number of methoxy groups -OCH3 is 1. The Morgan fingerprint density at radius 3 is 2.58 bits per heavy atom. The van der Waals surface area contributed by atoms with Gasteiger partial charge in [0.25, 0.3) is 5.91 Å². The Hall–Kier alpha value is -3.29. The van der Waals surface area contributed by atoms with Crippen LogP contribution in [0.5, 0.6) is 5.75 Å². The number of benzene rings is 2. The highest BCUT2D eigenvalue weighted by molar-refractivity contribution is 7.94. The topological polar surface area (TPSA) is 70.4 Å². The van der Waals surface area contributed by atoms with Crippen molar-refractivity contribution in [3.05, 3.63) is 94.4 Å². The molecular weight excluding hydrogens is 460 g/mol. The van der Waals surface area contributed by atoms with Gasteiger partial charge in [-0.1, -0.05) is 17.7 Å². The van der Waals surface area contributed by atoms with E-state index in [1.54, 1.807) is 48.2 Å². The van der Waals surface area contributed by atoms with E-state index in [4.69, 9.17) is 20.5 Å². The minimum atomic E-state index is -0.403. The van der Waals surface area contributed by atoms with Crippen molar-refractivity contribution >= 4 is 46.4 Å². The Labute approximate surface area is 200 Å². The van der Waals surface area contributed by atoms with E-state index in [0.717, 1.165) is 28.7 Å².